The Labute approximate surface area is 230 Å². The lowest BCUT2D eigenvalue weighted by Gasteiger charge is -2.26. The molecule has 39 heavy (non-hydrogen) atoms. The number of aromatic nitrogens is 2. The van der Waals surface area contributed by atoms with Crippen LogP contribution in [0, 0.1) is 0 Å². The molecule has 8 nitrogen and oxygen atoms in total. The molecular weight excluding hydrogens is 488 g/mol. The van der Waals surface area contributed by atoms with Gasteiger partial charge in [0.15, 0.2) is 0 Å². The van der Waals surface area contributed by atoms with E-state index in [2.05, 4.69) is 54.7 Å². The minimum atomic E-state index is -0.115. The van der Waals surface area contributed by atoms with Crippen LogP contribution < -0.4 is 10.6 Å². The second-order valence-electron chi connectivity index (χ2n) is 10.7. The van der Waals surface area contributed by atoms with Gasteiger partial charge in [0, 0.05) is 67.5 Å². The molecule has 3 aromatic rings. The van der Waals surface area contributed by atoms with E-state index in [1.54, 1.807) is 6.20 Å². The summed E-state index contributed by atoms with van der Waals surface area (Å²) in [6.07, 6.45) is 8.17. The van der Waals surface area contributed by atoms with Crippen molar-refractivity contribution in [3.05, 3.63) is 77.4 Å². The average molecular weight is 525 g/mol. The van der Waals surface area contributed by atoms with Gasteiger partial charge in [0.1, 0.15) is 0 Å². The molecule has 2 fully saturated rings. The van der Waals surface area contributed by atoms with E-state index >= 15 is 0 Å². The van der Waals surface area contributed by atoms with Crippen molar-refractivity contribution >= 4 is 22.9 Å². The molecule has 1 amide bonds. The molecular formula is C31H36N6O2. The zero-order valence-electron chi connectivity index (χ0n) is 22.6. The first-order valence-electron chi connectivity index (χ1n) is 13.9. The van der Waals surface area contributed by atoms with E-state index in [-0.39, 0.29) is 5.91 Å². The van der Waals surface area contributed by atoms with E-state index in [1.165, 1.54) is 18.4 Å². The van der Waals surface area contributed by atoms with Gasteiger partial charge in [-0.2, -0.15) is 0 Å². The molecule has 2 saturated heterocycles. The first kappa shape index (κ1) is 25.7. The van der Waals surface area contributed by atoms with Crippen molar-refractivity contribution in [3.63, 3.8) is 0 Å². The van der Waals surface area contributed by atoms with Crippen LogP contribution in [0.15, 0.2) is 60.6 Å². The van der Waals surface area contributed by atoms with Gasteiger partial charge in [-0.3, -0.25) is 24.6 Å². The summed E-state index contributed by atoms with van der Waals surface area (Å²) in [5.74, 6) is -0.115. The summed E-state index contributed by atoms with van der Waals surface area (Å²) in [6.45, 7) is 10.0. The number of ether oxygens (including phenoxy) is 1. The van der Waals surface area contributed by atoms with Crippen molar-refractivity contribution in [3.8, 4) is 11.1 Å². The van der Waals surface area contributed by atoms with Crippen molar-refractivity contribution in [1.82, 2.24) is 19.8 Å². The highest BCUT2D eigenvalue weighted by Crippen LogP contribution is 2.35. The van der Waals surface area contributed by atoms with Crippen molar-refractivity contribution in [2.24, 2.45) is 0 Å². The van der Waals surface area contributed by atoms with Gasteiger partial charge in [-0.15, -0.1) is 0 Å². The normalized spacial score (nSPS) is 18.1. The third-order valence-corrected chi connectivity index (χ3v) is 7.79. The Balaban J connectivity index is 1.19. The quantitative estimate of drug-likeness (QED) is 0.474. The number of nitrogens with one attached hydrogen (secondary N) is 2. The molecule has 0 bridgehead atoms. The lowest BCUT2D eigenvalue weighted by atomic mass is 9.91. The van der Waals surface area contributed by atoms with E-state index in [9.17, 15) is 4.79 Å². The van der Waals surface area contributed by atoms with E-state index in [0.29, 0.717) is 17.8 Å². The highest BCUT2D eigenvalue weighted by atomic mass is 16.5. The van der Waals surface area contributed by atoms with E-state index < -0.39 is 0 Å². The number of pyridine rings is 2. The maximum Gasteiger partial charge on any atom is 0.256 e. The molecule has 0 atom stereocenters. The Morgan fingerprint density at radius 1 is 0.949 bits per heavy atom. The second kappa shape index (κ2) is 11.7. The molecule has 0 unspecified atom stereocenters. The molecule has 5 heterocycles. The number of rotatable bonds is 7. The predicted molar refractivity (Wildman–Crippen MR) is 154 cm³/mol. The summed E-state index contributed by atoms with van der Waals surface area (Å²) in [6, 6.07) is 12.4. The largest absolute Gasteiger partial charge is 0.381 e. The van der Waals surface area contributed by atoms with Gasteiger partial charge >= 0.3 is 0 Å². The van der Waals surface area contributed by atoms with Crippen LogP contribution in [0.1, 0.15) is 36.6 Å². The number of carbonyl (C=O) groups is 1. The Morgan fingerprint density at radius 3 is 2.56 bits per heavy atom. The minimum Gasteiger partial charge on any atom is -0.381 e. The van der Waals surface area contributed by atoms with Crippen LogP contribution in [0.25, 0.3) is 16.7 Å². The zero-order valence-corrected chi connectivity index (χ0v) is 22.6. The molecule has 6 rings (SSSR count). The highest BCUT2D eigenvalue weighted by Gasteiger charge is 2.23. The van der Waals surface area contributed by atoms with Gasteiger partial charge in [0.25, 0.3) is 5.91 Å². The summed E-state index contributed by atoms with van der Waals surface area (Å²) >= 11 is 0. The fraction of sp³-hybridized carbons (Fsp3) is 0.387. The third-order valence-electron chi connectivity index (χ3n) is 7.79. The minimum absolute atomic E-state index is 0.115. The number of likely N-dealkylation sites (tertiary alicyclic amines) is 1. The Hall–Kier alpha value is -3.59. The molecule has 0 saturated carbocycles. The molecule has 3 aliphatic rings. The van der Waals surface area contributed by atoms with E-state index in [0.717, 1.165) is 86.1 Å². The molecule has 8 heteroatoms. The lowest BCUT2D eigenvalue weighted by molar-refractivity contribution is -0.111. The van der Waals surface area contributed by atoms with Crippen LogP contribution in [0.2, 0.25) is 0 Å². The molecule has 0 aliphatic carbocycles. The van der Waals surface area contributed by atoms with Crippen LogP contribution in [0.3, 0.4) is 0 Å². The number of hydrogen-bond acceptors (Lipinski definition) is 7. The lowest BCUT2D eigenvalue weighted by Crippen LogP contribution is -2.35. The third kappa shape index (κ3) is 6.03. The summed E-state index contributed by atoms with van der Waals surface area (Å²) < 4.78 is 5.43. The maximum atomic E-state index is 13.6. The van der Waals surface area contributed by atoms with Crippen LogP contribution in [-0.4, -0.2) is 71.6 Å². The Kier molecular flexibility index (Phi) is 7.67. The van der Waals surface area contributed by atoms with Crippen LogP contribution in [0.5, 0.6) is 0 Å². The van der Waals surface area contributed by atoms with Crippen LogP contribution in [0.4, 0.5) is 11.4 Å². The predicted octanol–water partition coefficient (Wildman–Crippen LogP) is 4.41. The second-order valence-corrected chi connectivity index (χ2v) is 10.7. The fourth-order valence-electron chi connectivity index (χ4n) is 5.65. The number of fused-ring (bicyclic) bond motifs is 1. The summed E-state index contributed by atoms with van der Waals surface area (Å²) in [7, 11) is 0. The van der Waals surface area contributed by atoms with Gasteiger partial charge in [0.05, 0.1) is 30.8 Å². The Morgan fingerprint density at radius 2 is 1.77 bits per heavy atom. The van der Waals surface area contributed by atoms with Crippen molar-refractivity contribution in [2.45, 2.75) is 32.9 Å². The fourth-order valence-corrected chi connectivity index (χ4v) is 5.65. The number of morpholine rings is 1. The summed E-state index contributed by atoms with van der Waals surface area (Å²) in [5.41, 5.74) is 8.63. The number of anilines is 2. The van der Waals surface area contributed by atoms with Gasteiger partial charge in [-0.05, 0) is 79.9 Å². The van der Waals surface area contributed by atoms with Gasteiger partial charge in [0.2, 0.25) is 0 Å². The molecule has 2 N–H and O–H groups in total. The van der Waals surface area contributed by atoms with Crippen molar-refractivity contribution in [1.29, 1.82) is 0 Å². The highest BCUT2D eigenvalue weighted by molar-refractivity contribution is 6.27. The number of benzene rings is 1. The topological polar surface area (TPSA) is 82.6 Å². The molecule has 3 aliphatic heterocycles. The monoisotopic (exact) mass is 524 g/mol. The molecule has 0 spiro atoms. The maximum absolute atomic E-state index is 13.6. The summed E-state index contributed by atoms with van der Waals surface area (Å²) in [5, 5.41) is 6.54. The summed E-state index contributed by atoms with van der Waals surface area (Å²) in [4.78, 5) is 27.5. The van der Waals surface area contributed by atoms with Crippen LogP contribution in [-0.2, 0) is 22.6 Å². The van der Waals surface area contributed by atoms with Gasteiger partial charge < -0.3 is 15.4 Å². The SMILES string of the molecule is CC1=C(C(=O)Nc2ccc(CN3CCOCC3)nc2)c2cc(-c3cncc(CN4CCCC4)c3)ccc2NC1. The van der Waals surface area contributed by atoms with Crippen LogP contribution >= 0.6 is 0 Å². The smallest absolute Gasteiger partial charge is 0.256 e. The first-order chi connectivity index (χ1) is 19.1. The number of amides is 1. The number of nitrogens with zero attached hydrogens (tertiary/aromatic N) is 4. The van der Waals surface area contributed by atoms with Crippen molar-refractivity contribution < 1.29 is 9.53 Å². The van der Waals surface area contributed by atoms with E-state index in [1.807, 2.05) is 31.5 Å². The molecule has 202 valence electrons. The zero-order chi connectivity index (χ0) is 26.6. The Bertz CT molecular complexity index is 1360. The molecule has 2 aromatic heterocycles. The number of hydrogen-bond donors (Lipinski definition) is 2. The standard InChI is InChI=1S/C31H36N6O2/c1-22-16-34-29-7-4-24(25-14-23(17-32-18-25)20-36-8-2-3-9-36)15-28(29)30(22)31(38)35-26-5-6-27(33-19-26)21-37-10-12-39-13-11-37/h4-7,14-15,17-19,34H,2-3,8-13,16,20-21H2,1H3,(H,35,38). The van der Waals surface area contributed by atoms with Gasteiger partial charge in [-0.25, -0.2) is 0 Å². The average Bonchev–Trinajstić information content (AvgIpc) is 3.47. The van der Waals surface area contributed by atoms with Gasteiger partial charge in [-0.1, -0.05) is 6.07 Å². The first-order valence-corrected chi connectivity index (χ1v) is 13.9. The van der Waals surface area contributed by atoms with Crippen molar-refractivity contribution in [2.75, 3.05) is 56.6 Å². The molecule has 1 aromatic carbocycles. The number of carbonyl (C=O) groups excluding carboxylic acids is 1. The molecule has 0 radical (unpaired) electrons. The van der Waals surface area contributed by atoms with E-state index in [4.69, 9.17) is 4.74 Å².